The van der Waals surface area contributed by atoms with E-state index in [0.717, 1.165) is 10.0 Å². The van der Waals surface area contributed by atoms with Gasteiger partial charge in [0, 0.05) is 10.0 Å². The third-order valence-corrected chi connectivity index (χ3v) is 1.61. The van der Waals surface area contributed by atoms with Crippen LogP contribution in [-0.2, 0) is 0 Å². The van der Waals surface area contributed by atoms with E-state index in [1.807, 2.05) is 12.1 Å². The van der Waals surface area contributed by atoms with E-state index in [4.69, 9.17) is 6.42 Å². The molecule has 1 heteroatoms. The Labute approximate surface area is 63.0 Å². The van der Waals surface area contributed by atoms with Gasteiger partial charge in [0.1, 0.15) is 0 Å². The molecule has 0 aliphatic rings. The summed E-state index contributed by atoms with van der Waals surface area (Å²) < 4.78 is 0.924. The zero-order chi connectivity index (χ0) is 6.69. The quantitative estimate of drug-likeness (QED) is 0.537. The highest BCUT2D eigenvalue weighted by Crippen LogP contribution is 2.12. The van der Waals surface area contributed by atoms with Gasteiger partial charge in [0.25, 0.3) is 0 Å². The molecule has 0 fully saturated rings. The average molecular weight is 180 g/mol. The average Bonchev–Trinajstić information content (AvgIpc) is 1.89. The largest absolute Gasteiger partial charge is 0.115 e. The predicted molar refractivity (Wildman–Crippen MR) is 40.9 cm³/mol. The van der Waals surface area contributed by atoms with Crippen molar-refractivity contribution >= 4 is 15.9 Å². The van der Waals surface area contributed by atoms with Gasteiger partial charge in [-0.2, -0.15) is 0 Å². The molecule has 1 aromatic rings. The summed E-state index contributed by atoms with van der Waals surface area (Å²) in [7, 11) is 0. The minimum atomic E-state index is 0.775. The fraction of sp³-hybridized carbons (Fsp3) is 0. The summed E-state index contributed by atoms with van der Waals surface area (Å²) in [5.41, 5.74) is 0.775. The zero-order valence-electron chi connectivity index (χ0n) is 4.69. The molecular formula is C8H4Br. The second kappa shape index (κ2) is 2.70. The van der Waals surface area contributed by atoms with Crippen molar-refractivity contribution in [3.05, 3.63) is 34.3 Å². The lowest BCUT2D eigenvalue weighted by molar-refractivity contribution is 1.58. The molecule has 0 atom stereocenters. The van der Waals surface area contributed by atoms with Gasteiger partial charge in [-0.1, -0.05) is 18.1 Å². The molecule has 9 heavy (non-hydrogen) atoms. The summed E-state index contributed by atoms with van der Waals surface area (Å²) in [5.74, 6) is 2.49. The van der Waals surface area contributed by atoms with Crippen LogP contribution in [0, 0.1) is 18.4 Å². The predicted octanol–water partition coefficient (Wildman–Crippen LogP) is 2.23. The Morgan fingerprint density at radius 1 is 1.67 bits per heavy atom. The molecule has 1 rings (SSSR count). The Morgan fingerprint density at radius 2 is 2.44 bits per heavy atom. The lowest BCUT2D eigenvalue weighted by Crippen LogP contribution is -1.73. The van der Waals surface area contributed by atoms with E-state index in [-0.39, 0.29) is 0 Å². The summed E-state index contributed by atoms with van der Waals surface area (Å²) in [5, 5.41) is 0. The number of rotatable bonds is 0. The van der Waals surface area contributed by atoms with Gasteiger partial charge in [0.15, 0.2) is 0 Å². The Bertz CT molecular complexity index is 245. The molecule has 0 nitrogen and oxygen atoms in total. The van der Waals surface area contributed by atoms with Crippen LogP contribution in [0.4, 0.5) is 0 Å². The van der Waals surface area contributed by atoms with Crippen molar-refractivity contribution in [3.8, 4) is 12.3 Å². The molecule has 0 amide bonds. The summed E-state index contributed by atoms with van der Waals surface area (Å²) in [6, 6.07) is 8.47. The van der Waals surface area contributed by atoms with Crippen molar-refractivity contribution < 1.29 is 0 Å². The Kier molecular flexibility index (Phi) is 1.92. The van der Waals surface area contributed by atoms with Crippen molar-refractivity contribution in [1.82, 2.24) is 0 Å². The third-order valence-electron chi connectivity index (χ3n) is 0.950. The summed E-state index contributed by atoms with van der Waals surface area (Å²) in [6.45, 7) is 0. The van der Waals surface area contributed by atoms with Crippen LogP contribution in [0.3, 0.4) is 0 Å². The fourth-order valence-electron chi connectivity index (χ4n) is 0.527. The van der Waals surface area contributed by atoms with Crippen molar-refractivity contribution in [1.29, 1.82) is 0 Å². The standard InChI is InChI=1S/C8H4Br/c1-2-7-5-3-4-6-8(7)9/h1,3-4,6H. The van der Waals surface area contributed by atoms with E-state index in [2.05, 4.69) is 27.9 Å². The number of halogens is 1. The number of terminal acetylenes is 1. The molecule has 43 valence electrons. The van der Waals surface area contributed by atoms with Gasteiger partial charge in [0.2, 0.25) is 0 Å². The molecule has 0 aliphatic carbocycles. The Balaban J connectivity index is 3.20. The van der Waals surface area contributed by atoms with E-state index in [1.54, 1.807) is 6.07 Å². The number of hydrogen-bond acceptors (Lipinski definition) is 0. The van der Waals surface area contributed by atoms with Crippen LogP contribution in [0.1, 0.15) is 5.56 Å². The molecule has 1 aromatic carbocycles. The fourth-order valence-corrected chi connectivity index (χ4v) is 0.908. The molecule has 0 unspecified atom stereocenters. The van der Waals surface area contributed by atoms with Crippen molar-refractivity contribution in [2.75, 3.05) is 0 Å². The van der Waals surface area contributed by atoms with Crippen LogP contribution in [-0.4, -0.2) is 0 Å². The first-order valence-electron chi connectivity index (χ1n) is 2.47. The number of benzene rings is 1. The van der Waals surface area contributed by atoms with Crippen LogP contribution in [0.2, 0.25) is 0 Å². The smallest absolute Gasteiger partial charge is 0.0463 e. The first-order chi connectivity index (χ1) is 4.34. The zero-order valence-corrected chi connectivity index (χ0v) is 6.27. The van der Waals surface area contributed by atoms with E-state index < -0.39 is 0 Å². The van der Waals surface area contributed by atoms with E-state index in [9.17, 15) is 0 Å². The molecule has 0 aliphatic heterocycles. The molecule has 0 saturated heterocycles. The van der Waals surface area contributed by atoms with Crippen LogP contribution in [0.25, 0.3) is 0 Å². The van der Waals surface area contributed by atoms with Crippen molar-refractivity contribution in [2.45, 2.75) is 0 Å². The molecule has 1 radical (unpaired) electrons. The van der Waals surface area contributed by atoms with E-state index in [1.165, 1.54) is 0 Å². The topological polar surface area (TPSA) is 0 Å². The van der Waals surface area contributed by atoms with Crippen LogP contribution < -0.4 is 0 Å². The molecule has 0 spiro atoms. The lowest BCUT2D eigenvalue weighted by Gasteiger charge is -1.90. The van der Waals surface area contributed by atoms with E-state index >= 15 is 0 Å². The molecule has 0 bridgehead atoms. The minimum Gasteiger partial charge on any atom is -0.115 e. The maximum atomic E-state index is 5.14. The monoisotopic (exact) mass is 179 g/mol. The van der Waals surface area contributed by atoms with Gasteiger partial charge in [-0.15, -0.1) is 6.42 Å². The third kappa shape index (κ3) is 1.34. The molecule has 0 heterocycles. The second-order valence-corrected chi connectivity index (χ2v) is 2.39. The van der Waals surface area contributed by atoms with Gasteiger partial charge in [-0.05, 0) is 28.1 Å². The normalized spacial score (nSPS) is 8.44. The highest BCUT2D eigenvalue weighted by molar-refractivity contribution is 9.10. The van der Waals surface area contributed by atoms with Gasteiger partial charge >= 0.3 is 0 Å². The molecule has 0 saturated carbocycles. The highest BCUT2D eigenvalue weighted by atomic mass is 79.9. The Morgan fingerprint density at radius 3 is 2.89 bits per heavy atom. The first kappa shape index (κ1) is 6.38. The summed E-state index contributed by atoms with van der Waals surface area (Å²) in [6.07, 6.45) is 5.14. The summed E-state index contributed by atoms with van der Waals surface area (Å²) >= 11 is 3.28. The SMILES string of the molecule is C#Cc1[c]cccc1Br. The van der Waals surface area contributed by atoms with Crippen LogP contribution in [0.5, 0.6) is 0 Å². The molecule has 0 N–H and O–H groups in total. The van der Waals surface area contributed by atoms with Gasteiger partial charge in [0.05, 0.1) is 0 Å². The maximum absolute atomic E-state index is 5.14. The van der Waals surface area contributed by atoms with Gasteiger partial charge in [-0.25, -0.2) is 0 Å². The first-order valence-corrected chi connectivity index (χ1v) is 3.26. The maximum Gasteiger partial charge on any atom is 0.0463 e. The summed E-state index contributed by atoms with van der Waals surface area (Å²) in [4.78, 5) is 0. The van der Waals surface area contributed by atoms with E-state index in [0.29, 0.717) is 0 Å². The van der Waals surface area contributed by atoms with Crippen molar-refractivity contribution in [2.24, 2.45) is 0 Å². The highest BCUT2D eigenvalue weighted by Gasteiger charge is 1.90. The van der Waals surface area contributed by atoms with Crippen molar-refractivity contribution in [3.63, 3.8) is 0 Å². The number of hydrogen-bond donors (Lipinski definition) is 0. The minimum absolute atomic E-state index is 0.775. The van der Waals surface area contributed by atoms with Crippen LogP contribution in [0.15, 0.2) is 22.7 Å². The molecular weight excluding hydrogens is 176 g/mol. The lowest BCUT2D eigenvalue weighted by atomic mass is 10.2. The van der Waals surface area contributed by atoms with Crippen LogP contribution >= 0.6 is 15.9 Å². The van der Waals surface area contributed by atoms with Gasteiger partial charge in [-0.3, -0.25) is 0 Å². The molecule has 0 aromatic heterocycles. The van der Waals surface area contributed by atoms with Gasteiger partial charge < -0.3 is 0 Å². The Hall–Kier alpha value is -0.740. The second-order valence-electron chi connectivity index (χ2n) is 1.54.